The topological polar surface area (TPSA) is 58.1 Å². The van der Waals surface area contributed by atoms with Crippen LogP contribution in [-0.4, -0.2) is 46.6 Å². The van der Waals surface area contributed by atoms with Gasteiger partial charge in [-0.2, -0.15) is 0 Å². The Balaban J connectivity index is 2.20. The highest BCUT2D eigenvalue weighted by atomic mass is 32.1. The van der Waals surface area contributed by atoms with Crippen molar-refractivity contribution in [3.63, 3.8) is 0 Å². The van der Waals surface area contributed by atoms with Crippen LogP contribution < -0.4 is 5.32 Å². The molecule has 0 aromatic carbocycles. The fourth-order valence-corrected chi connectivity index (χ4v) is 2.86. The van der Waals surface area contributed by atoms with Gasteiger partial charge in [-0.25, -0.2) is 0 Å². The monoisotopic (exact) mass is 268 g/mol. The molecule has 1 amide bonds. The van der Waals surface area contributed by atoms with Crippen LogP contribution in [0.1, 0.15) is 42.6 Å². The van der Waals surface area contributed by atoms with Gasteiger partial charge in [0, 0.05) is 25.0 Å². The molecule has 1 aromatic heterocycles. The van der Waals surface area contributed by atoms with E-state index in [0.29, 0.717) is 4.88 Å². The molecule has 1 fully saturated rings. The highest BCUT2D eigenvalue weighted by molar-refractivity contribution is 7.08. The summed E-state index contributed by atoms with van der Waals surface area (Å²) in [7, 11) is 0. The quantitative estimate of drug-likeness (QED) is 0.833. The molecule has 0 saturated carbocycles. The van der Waals surface area contributed by atoms with E-state index in [9.17, 15) is 4.79 Å². The fraction of sp³-hybridized carbons (Fsp3) is 0.750. The van der Waals surface area contributed by atoms with Gasteiger partial charge in [-0.1, -0.05) is 25.3 Å². The second-order valence-electron chi connectivity index (χ2n) is 5.60. The zero-order chi connectivity index (χ0) is 13.2. The molecule has 0 aliphatic carbocycles. The molecule has 2 heterocycles. The minimum Gasteiger partial charge on any atom is -0.337 e. The van der Waals surface area contributed by atoms with Crippen LogP contribution in [0.15, 0.2) is 0 Å². The number of amides is 1. The van der Waals surface area contributed by atoms with Crippen LogP contribution in [0.3, 0.4) is 0 Å². The minimum absolute atomic E-state index is 0.0821. The standard InChI is InChI=1S/C12H20N4OS/c1-12(2,3)10-9(18-15-14-10)11(17)16-7-4-5-13-6-8-16/h13H,4-8H2,1-3H3. The number of nitrogens with zero attached hydrogens (tertiary/aromatic N) is 3. The van der Waals surface area contributed by atoms with E-state index in [0.717, 1.165) is 38.3 Å². The summed E-state index contributed by atoms with van der Waals surface area (Å²) in [5, 5.41) is 7.43. The number of aromatic nitrogens is 2. The van der Waals surface area contributed by atoms with Crippen LogP contribution in [0.4, 0.5) is 0 Å². The normalized spacial score (nSPS) is 17.6. The summed E-state index contributed by atoms with van der Waals surface area (Å²) in [6.07, 6.45) is 1.00. The van der Waals surface area contributed by atoms with Crippen molar-refractivity contribution in [3.05, 3.63) is 10.6 Å². The molecule has 0 spiro atoms. The van der Waals surface area contributed by atoms with Gasteiger partial charge in [0.15, 0.2) is 0 Å². The van der Waals surface area contributed by atoms with Gasteiger partial charge >= 0.3 is 0 Å². The summed E-state index contributed by atoms with van der Waals surface area (Å²) in [6.45, 7) is 9.60. The molecule has 1 aromatic rings. The van der Waals surface area contributed by atoms with Gasteiger partial charge in [0.2, 0.25) is 0 Å². The van der Waals surface area contributed by atoms with Gasteiger partial charge in [0.05, 0.1) is 5.69 Å². The Morgan fingerprint density at radius 3 is 2.83 bits per heavy atom. The Bertz CT molecular complexity index is 416. The van der Waals surface area contributed by atoms with Crippen molar-refractivity contribution in [2.24, 2.45) is 0 Å². The molecule has 0 unspecified atom stereocenters. The Kier molecular flexibility index (Phi) is 3.97. The number of hydrogen-bond acceptors (Lipinski definition) is 5. The van der Waals surface area contributed by atoms with Gasteiger partial charge in [-0.3, -0.25) is 4.79 Å². The number of hydrogen-bond donors (Lipinski definition) is 1. The largest absolute Gasteiger partial charge is 0.337 e. The van der Waals surface area contributed by atoms with Gasteiger partial charge < -0.3 is 10.2 Å². The highest BCUT2D eigenvalue weighted by Gasteiger charge is 2.29. The predicted molar refractivity (Wildman–Crippen MR) is 72.0 cm³/mol. The van der Waals surface area contributed by atoms with Gasteiger partial charge in [0.1, 0.15) is 4.88 Å². The molecular weight excluding hydrogens is 248 g/mol. The lowest BCUT2D eigenvalue weighted by Gasteiger charge is -2.22. The lowest BCUT2D eigenvalue weighted by atomic mass is 9.91. The molecule has 1 N–H and O–H groups in total. The number of nitrogens with one attached hydrogen (secondary N) is 1. The van der Waals surface area contributed by atoms with Gasteiger partial charge in [-0.05, 0) is 24.5 Å². The average Bonchev–Trinajstić information content (AvgIpc) is 2.64. The minimum atomic E-state index is -0.137. The predicted octanol–water partition coefficient (Wildman–Crippen LogP) is 1.27. The summed E-state index contributed by atoms with van der Waals surface area (Å²) >= 11 is 1.21. The lowest BCUT2D eigenvalue weighted by molar-refractivity contribution is 0.0768. The second kappa shape index (κ2) is 5.32. The van der Waals surface area contributed by atoms with Gasteiger partial charge in [0.25, 0.3) is 5.91 Å². The molecule has 6 heteroatoms. The Hall–Kier alpha value is -1.01. The van der Waals surface area contributed by atoms with E-state index in [2.05, 4.69) is 35.7 Å². The van der Waals surface area contributed by atoms with E-state index in [-0.39, 0.29) is 11.3 Å². The number of carbonyl (C=O) groups excluding carboxylic acids is 1. The first kappa shape index (κ1) is 13.4. The first-order chi connectivity index (χ1) is 8.50. The van der Waals surface area contributed by atoms with Crippen molar-refractivity contribution in [2.45, 2.75) is 32.6 Å². The Morgan fingerprint density at radius 2 is 2.11 bits per heavy atom. The fourth-order valence-electron chi connectivity index (χ4n) is 2.01. The summed E-state index contributed by atoms with van der Waals surface area (Å²) in [5.74, 6) is 0.0821. The third-order valence-corrected chi connectivity index (χ3v) is 3.73. The Morgan fingerprint density at radius 1 is 1.33 bits per heavy atom. The molecule has 1 saturated heterocycles. The zero-order valence-electron chi connectivity index (χ0n) is 11.2. The van der Waals surface area contributed by atoms with Crippen LogP contribution in [0, 0.1) is 0 Å². The van der Waals surface area contributed by atoms with Crippen molar-refractivity contribution in [2.75, 3.05) is 26.2 Å². The first-order valence-electron chi connectivity index (χ1n) is 6.33. The Labute approximate surface area is 112 Å². The van der Waals surface area contributed by atoms with Gasteiger partial charge in [-0.15, -0.1) is 5.10 Å². The van der Waals surface area contributed by atoms with Crippen molar-refractivity contribution < 1.29 is 4.79 Å². The van der Waals surface area contributed by atoms with Crippen LogP contribution in [0.5, 0.6) is 0 Å². The third-order valence-electron chi connectivity index (χ3n) is 3.02. The average molecular weight is 268 g/mol. The molecule has 0 bridgehead atoms. The molecule has 100 valence electrons. The van der Waals surface area contributed by atoms with Crippen molar-refractivity contribution in [3.8, 4) is 0 Å². The molecule has 1 aliphatic rings. The van der Waals surface area contributed by atoms with E-state index in [1.54, 1.807) is 0 Å². The summed E-state index contributed by atoms with van der Waals surface area (Å²) in [5.41, 5.74) is 0.678. The van der Waals surface area contributed by atoms with Crippen LogP contribution >= 0.6 is 11.5 Å². The van der Waals surface area contributed by atoms with E-state index in [1.807, 2.05) is 4.90 Å². The first-order valence-corrected chi connectivity index (χ1v) is 7.10. The molecule has 1 aliphatic heterocycles. The maximum absolute atomic E-state index is 12.5. The van der Waals surface area contributed by atoms with Crippen LogP contribution in [0.2, 0.25) is 0 Å². The molecular formula is C12H20N4OS. The van der Waals surface area contributed by atoms with Crippen molar-refractivity contribution >= 4 is 17.4 Å². The smallest absolute Gasteiger partial charge is 0.267 e. The summed E-state index contributed by atoms with van der Waals surface area (Å²) in [6, 6.07) is 0. The molecule has 18 heavy (non-hydrogen) atoms. The van der Waals surface area contributed by atoms with Crippen LogP contribution in [0.25, 0.3) is 0 Å². The second-order valence-corrected chi connectivity index (χ2v) is 6.35. The molecule has 2 rings (SSSR count). The summed E-state index contributed by atoms with van der Waals surface area (Å²) < 4.78 is 3.96. The highest BCUT2D eigenvalue weighted by Crippen LogP contribution is 2.26. The van der Waals surface area contributed by atoms with Crippen molar-refractivity contribution in [1.29, 1.82) is 0 Å². The number of carbonyl (C=O) groups is 1. The SMILES string of the molecule is CC(C)(C)c1nnsc1C(=O)N1CCCNCC1. The number of rotatable bonds is 1. The van der Waals surface area contributed by atoms with E-state index >= 15 is 0 Å². The van der Waals surface area contributed by atoms with E-state index in [4.69, 9.17) is 0 Å². The zero-order valence-corrected chi connectivity index (χ0v) is 12.0. The van der Waals surface area contributed by atoms with E-state index in [1.165, 1.54) is 11.5 Å². The maximum Gasteiger partial charge on any atom is 0.267 e. The maximum atomic E-state index is 12.5. The molecule has 5 nitrogen and oxygen atoms in total. The lowest BCUT2D eigenvalue weighted by Crippen LogP contribution is -2.35. The summed E-state index contributed by atoms with van der Waals surface area (Å²) in [4.78, 5) is 15.1. The third kappa shape index (κ3) is 2.87. The van der Waals surface area contributed by atoms with Crippen LogP contribution in [-0.2, 0) is 5.41 Å². The van der Waals surface area contributed by atoms with Crippen molar-refractivity contribution in [1.82, 2.24) is 19.8 Å². The molecule has 0 radical (unpaired) electrons. The van der Waals surface area contributed by atoms with E-state index < -0.39 is 0 Å². The molecule has 0 atom stereocenters.